The Balaban J connectivity index is -0.000000720. The standard InChI is InChI=1S/C6H8O7.Fe.Na/c7-3(8)1-6(13,5(11)12)2-4(9)10;;/h13H,1-2H2,(H,7,8)(H,9,10)(H,11,12);;. The van der Waals surface area contributed by atoms with Crippen molar-refractivity contribution in [3.8, 4) is 0 Å². The molecule has 1 radical (unpaired) electrons. The molecule has 4 N–H and O–H groups in total. The quantitative estimate of drug-likeness (QED) is 0.441. The summed E-state index contributed by atoms with van der Waals surface area (Å²) in [4.78, 5) is 30.5. The summed E-state index contributed by atoms with van der Waals surface area (Å²) < 4.78 is 0. The predicted molar refractivity (Wildman–Crippen MR) is 42.8 cm³/mol. The van der Waals surface area contributed by atoms with Crippen LogP contribution in [0.15, 0.2) is 0 Å². The molecule has 0 bridgehead atoms. The first-order valence-electron chi connectivity index (χ1n) is 3.17. The van der Waals surface area contributed by atoms with Crippen molar-refractivity contribution in [1.82, 2.24) is 0 Å². The molecule has 0 atom stereocenters. The number of hydrogen-bond acceptors (Lipinski definition) is 4. The van der Waals surface area contributed by atoms with Gasteiger partial charge < -0.3 is 20.4 Å². The summed E-state index contributed by atoms with van der Waals surface area (Å²) in [5, 5.41) is 33.8. The Labute approximate surface area is 117 Å². The van der Waals surface area contributed by atoms with Crippen molar-refractivity contribution in [2.75, 3.05) is 0 Å². The molecule has 0 unspecified atom stereocenters. The van der Waals surface area contributed by atoms with E-state index >= 15 is 0 Å². The average molecular weight is 271 g/mol. The van der Waals surface area contributed by atoms with Gasteiger partial charge in [0.05, 0.1) is 12.8 Å². The van der Waals surface area contributed by atoms with E-state index in [1.54, 1.807) is 0 Å². The molecular weight excluding hydrogens is 263 g/mol. The molecule has 9 heteroatoms. The molecule has 0 rings (SSSR count). The largest absolute Gasteiger partial charge is 0.481 e. The van der Waals surface area contributed by atoms with Crippen molar-refractivity contribution < 1.29 is 51.9 Å². The molecule has 0 saturated heterocycles. The fraction of sp³-hybridized carbons (Fsp3) is 0.500. The van der Waals surface area contributed by atoms with Crippen LogP contribution in [0.2, 0.25) is 0 Å². The van der Waals surface area contributed by atoms with Crippen molar-refractivity contribution in [2.24, 2.45) is 0 Å². The van der Waals surface area contributed by atoms with Crippen LogP contribution in [0.5, 0.6) is 0 Å². The third-order valence-corrected chi connectivity index (χ3v) is 1.29. The van der Waals surface area contributed by atoms with Crippen LogP contribution in [-0.4, -0.2) is 73.5 Å². The topological polar surface area (TPSA) is 132 Å². The number of hydrogen-bond donors (Lipinski definition) is 4. The van der Waals surface area contributed by atoms with Crippen molar-refractivity contribution >= 4 is 47.5 Å². The SMILES string of the molecule is O=C(O)CC(O)(CC(=O)O)C(=O)O.[Fe].[Na]. The second kappa shape index (κ2) is 8.09. The van der Waals surface area contributed by atoms with Gasteiger partial charge in [0.1, 0.15) is 0 Å². The van der Waals surface area contributed by atoms with E-state index in [2.05, 4.69) is 0 Å². The van der Waals surface area contributed by atoms with Crippen LogP contribution in [0.4, 0.5) is 0 Å². The maximum Gasteiger partial charge on any atom is 0.336 e. The van der Waals surface area contributed by atoms with Crippen LogP contribution < -0.4 is 0 Å². The smallest absolute Gasteiger partial charge is 0.336 e. The molecule has 0 amide bonds. The van der Waals surface area contributed by atoms with Crippen molar-refractivity contribution in [3.63, 3.8) is 0 Å². The van der Waals surface area contributed by atoms with Crippen LogP contribution in [0.25, 0.3) is 0 Å². The second-order valence-corrected chi connectivity index (χ2v) is 2.48. The van der Waals surface area contributed by atoms with Gasteiger partial charge in [0.2, 0.25) is 0 Å². The van der Waals surface area contributed by atoms with Gasteiger partial charge in [-0.1, -0.05) is 0 Å². The number of carboxylic acids is 3. The molecular formula is C6H8FeNaO7. The monoisotopic (exact) mass is 271 g/mol. The summed E-state index contributed by atoms with van der Waals surface area (Å²) in [7, 11) is 0. The Morgan fingerprint density at radius 2 is 1.20 bits per heavy atom. The zero-order chi connectivity index (χ0) is 10.6. The van der Waals surface area contributed by atoms with E-state index in [-0.39, 0.29) is 46.6 Å². The summed E-state index contributed by atoms with van der Waals surface area (Å²) in [6.07, 6.45) is -2.29. The molecule has 15 heavy (non-hydrogen) atoms. The third-order valence-electron chi connectivity index (χ3n) is 1.29. The minimum atomic E-state index is -2.74. The fourth-order valence-electron chi connectivity index (χ4n) is 0.714. The van der Waals surface area contributed by atoms with Gasteiger partial charge in [-0.15, -0.1) is 0 Å². The first kappa shape index (κ1) is 20.3. The van der Waals surface area contributed by atoms with E-state index in [9.17, 15) is 14.4 Å². The van der Waals surface area contributed by atoms with Crippen molar-refractivity contribution in [3.05, 3.63) is 0 Å². The van der Waals surface area contributed by atoms with Gasteiger partial charge in [-0.25, -0.2) is 4.79 Å². The van der Waals surface area contributed by atoms with Crippen LogP contribution in [0.3, 0.4) is 0 Å². The minimum absolute atomic E-state index is 0. The summed E-state index contributed by atoms with van der Waals surface area (Å²) >= 11 is 0. The van der Waals surface area contributed by atoms with Crippen molar-refractivity contribution in [1.29, 1.82) is 0 Å². The van der Waals surface area contributed by atoms with Gasteiger partial charge in [-0.05, 0) is 0 Å². The molecule has 0 fully saturated rings. The van der Waals surface area contributed by atoms with Crippen LogP contribution in [-0.2, 0) is 31.5 Å². The first-order chi connectivity index (χ1) is 5.78. The Hall–Kier alpha value is -0.111. The van der Waals surface area contributed by atoms with Gasteiger partial charge >= 0.3 is 17.9 Å². The van der Waals surface area contributed by atoms with E-state index in [1.807, 2.05) is 0 Å². The Morgan fingerprint density at radius 3 is 1.33 bits per heavy atom. The summed E-state index contributed by atoms with van der Waals surface area (Å²) in [6, 6.07) is 0. The molecule has 0 aliphatic rings. The van der Waals surface area contributed by atoms with Gasteiger partial charge in [0, 0.05) is 46.6 Å². The number of aliphatic hydroxyl groups is 1. The van der Waals surface area contributed by atoms with E-state index in [1.165, 1.54) is 0 Å². The molecule has 0 aromatic carbocycles. The summed E-state index contributed by atoms with van der Waals surface area (Å²) in [6.45, 7) is 0. The average Bonchev–Trinajstić information content (AvgIpc) is 1.82. The van der Waals surface area contributed by atoms with E-state index < -0.39 is 36.4 Å². The molecule has 0 aliphatic heterocycles. The second-order valence-electron chi connectivity index (χ2n) is 2.48. The minimum Gasteiger partial charge on any atom is -0.481 e. The Morgan fingerprint density at radius 1 is 0.933 bits per heavy atom. The number of carbonyl (C=O) groups is 3. The van der Waals surface area contributed by atoms with Gasteiger partial charge in [0.15, 0.2) is 5.60 Å². The first-order valence-corrected chi connectivity index (χ1v) is 3.17. The molecule has 7 nitrogen and oxygen atoms in total. The van der Waals surface area contributed by atoms with Gasteiger partial charge in [-0.3, -0.25) is 9.59 Å². The molecule has 0 aromatic rings. The number of aliphatic carboxylic acids is 3. The van der Waals surface area contributed by atoms with Crippen LogP contribution in [0, 0.1) is 0 Å². The van der Waals surface area contributed by atoms with Gasteiger partial charge in [0.25, 0.3) is 0 Å². The third kappa shape index (κ3) is 7.78. The molecule has 0 aromatic heterocycles. The zero-order valence-electron chi connectivity index (χ0n) is 7.78. The predicted octanol–water partition coefficient (Wildman–Crippen LogP) is -1.63. The zero-order valence-corrected chi connectivity index (χ0v) is 10.9. The van der Waals surface area contributed by atoms with E-state index in [0.29, 0.717) is 0 Å². The van der Waals surface area contributed by atoms with Gasteiger partial charge in [-0.2, -0.15) is 0 Å². The maximum absolute atomic E-state index is 10.3. The van der Waals surface area contributed by atoms with Crippen LogP contribution >= 0.6 is 0 Å². The Bertz CT molecular complexity index is 238. The molecule has 0 spiro atoms. The Kier molecular flexibility index (Phi) is 11.0. The van der Waals surface area contributed by atoms with E-state index in [0.717, 1.165) is 0 Å². The molecule has 0 heterocycles. The van der Waals surface area contributed by atoms with Crippen molar-refractivity contribution in [2.45, 2.75) is 18.4 Å². The fourth-order valence-corrected chi connectivity index (χ4v) is 0.714. The molecule has 0 aliphatic carbocycles. The normalized spacial score (nSPS) is 9.40. The maximum atomic E-state index is 10.3. The van der Waals surface area contributed by atoms with Crippen LogP contribution in [0.1, 0.15) is 12.8 Å². The molecule has 0 saturated carbocycles. The van der Waals surface area contributed by atoms with E-state index in [4.69, 9.17) is 20.4 Å². The summed E-state index contributed by atoms with van der Waals surface area (Å²) in [5.74, 6) is -5.02. The summed E-state index contributed by atoms with van der Waals surface area (Å²) in [5.41, 5.74) is -2.74. The number of rotatable bonds is 5. The number of carboxylic acid groups (broad SMARTS) is 3. The molecule has 83 valence electrons.